The lowest BCUT2D eigenvalue weighted by Crippen LogP contribution is -2.40. The molecule has 134 valence electrons. The van der Waals surface area contributed by atoms with Crippen LogP contribution in [0.1, 0.15) is 16.9 Å². The highest BCUT2D eigenvalue weighted by molar-refractivity contribution is 6.35. The quantitative estimate of drug-likeness (QED) is 0.790. The lowest BCUT2D eigenvalue weighted by Gasteiger charge is -2.29. The van der Waals surface area contributed by atoms with Crippen LogP contribution in [0.25, 0.3) is 5.57 Å². The molecule has 2 aliphatic heterocycles. The minimum absolute atomic E-state index is 0.133. The molecule has 2 aromatic rings. The molecule has 0 radical (unpaired) electrons. The van der Waals surface area contributed by atoms with Gasteiger partial charge < -0.3 is 14.1 Å². The topological polar surface area (TPSA) is 63.0 Å². The monoisotopic (exact) mass is 352 g/mol. The molecule has 0 unspecified atom stereocenters. The van der Waals surface area contributed by atoms with Gasteiger partial charge in [0.1, 0.15) is 11.5 Å². The van der Waals surface area contributed by atoms with Gasteiger partial charge >= 0.3 is 0 Å². The van der Waals surface area contributed by atoms with E-state index in [0.717, 1.165) is 11.1 Å². The predicted octanol–water partition coefficient (Wildman–Crippen LogP) is 2.20. The summed E-state index contributed by atoms with van der Waals surface area (Å²) in [5.41, 5.74) is 2.79. The summed E-state index contributed by atoms with van der Waals surface area (Å²) in [6.45, 7) is 4.41. The molecule has 0 spiro atoms. The molecule has 1 aromatic carbocycles. The highest BCUT2D eigenvalue weighted by Crippen LogP contribution is 2.33. The molecule has 0 aliphatic carbocycles. The van der Waals surface area contributed by atoms with Gasteiger partial charge in [0.05, 0.1) is 31.6 Å². The second kappa shape index (κ2) is 6.80. The summed E-state index contributed by atoms with van der Waals surface area (Å²) < 4.78 is 10.7. The Morgan fingerprint density at radius 2 is 1.73 bits per heavy atom. The number of rotatable bonds is 4. The lowest BCUT2D eigenvalue weighted by molar-refractivity contribution is -0.138. The molecular formula is C20H20N2O4. The highest BCUT2D eigenvalue weighted by Gasteiger charge is 2.42. The van der Waals surface area contributed by atoms with Gasteiger partial charge in [0.15, 0.2) is 0 Å². The van der Waals surface area contributed by atoms with Gasteiger partial charge in [-0.2, -0.15) is 0 Å². The number of hydrogen-bond acceptors (Lipinski definition) is 5. The predicted molar refractivity (Wildman–Crippen MR) is 94.8 cm³/mol. The van der Waals surface area contributed by atoms with Crippen LogP contribution in [0.4, 0.5) is 0 Å². The Kier molecular flexibility index (Phi) is 4.34. The standard InChI is InChI=1S/C20H20N2O4/c1-14-4-6-15(7-5-14)17-18(21-8-11-25-12-9-21)20(24)22(19(17)23)13-16-3-2-10-26-16/h2-7,10H,8-9,11-13H2,1H3. The van der Waals surface area contributed by atoms with E-state index < -0.39 is 0 Å². The number of morpholine rings is 1. The van der Waals surface area contributed by atoms with E-state index in [1.54, 1.807) is 12.1 Å². The van der Waals surface area contributed by atoms with E-state index >= 15 is 0 Å². The summed E-state index contributed by atoms with van der Waals surface area (Å²) in [7, 11) is 0. The third-order valence-corrected chi connectivity index (χ3v) is 4.71. The van der Waals surface area contributed by atoms with Crippen molar-refractivity contribution in [3.8, 4) is 0 Å². The number of benzene rings is 1. The minimum atomic E-state index is -0.281. The summed E-state index contributed by atoms with van der Waals surface area (Å²) in [5.74, 6) is 0.0267. The number of amides is 2. The van der Waals surface area contributed by atoms with Crippen molar-refractivity contribution < 1.29 is 18.7 Å². The Labute approximate surface area is 151 Å². The van der Waals surface area contributed by atoms with Crippen LogP contribution in [0.2, 0.25) is 0 Å². The third-order valence-electron chi connectivity index (χ3n) is 4.71. The highest BCUT2D eigenvalue weighted by atomic mass is 16.5. The van der Waals surface area contributed by atoms with E-state index in [0.29, 0.717) is 43.3 Å². The van der Waals surface area contributed by atoms with E-state index in [1.165, 1.54) is 11.2 Å². The average Bonchev–Trinajstić information content (AvgIpc) is 3.25. The number of carbonyl (C=O) groups excluding carboxylic acids is 2. The first-order chi connectivity index (χ1) is 12.6. The second-order valence-corrected chi connectivity index (χ2v) is 6.46. The summed E-state index contributed by atoms with van der Waals surface area (Å²) in [5, 5.41) is 0. The number of aryl methyl sites for hydroxylation is 1. The Bertz CT molecular complexity index is 846. The largest absolute Gasteiger partial charge is 0.467 e. The molecule has 4 rings (SSSR count). The summed E-state index contributed by atoms with van der Waals surface area (Å²) >= 11 is 0. The maximum Gasteiger partial charge on any atom is 0.278 e. The van der Waals surface area contributed by atoms with Crippen LogP contribution < -0.4 is 0 Å². The Balaban J connectivity index is 1.74. The molecule has 6 heteroatoms. The fourth-order valence-electron chi connectivity index (χ4n) is 3.33. The molecule has 3 heterocycles. The molecule has 6 nitrogen and oxygen atoms in total. The van der Waals surface area contributed by atoms with E-state index in [9.17, 15) is 9.59 Å². The van der Waals surface area contributed by atoms with Crippen molar-refractivity contribution in [1.82, 2.24) is 9.80 Å². The van der Waals surface area contributed by atoms with Crippen molar-refractivity contribution >= 4 is 17.4 Å². The van der Waals surface area contributed by atoms with Gasteiger partial charge in [-0.15, -0.1) is 0 Å². The van der Waals surface area contributed by atoms with Crippen LogP contribution in [0.3, 0.4) is 0 Å². The molecule has 0 atom stereocenters. The molecular weight excluding hydrogens is 332 g/mol. The minimum Gasteiger partial charge on any atom is -0.467 e. The number of imide groups is 1. The average molecular weight is 352 g/mol. The Hall–Kier alpha value is -2.86. The van der Waals surface area contributed by atoms with Crippen LogP contribution >= 0.6 is 0 Å². The number of nitrogens with zero attached hydrogens (tertiary/aromatic N) is 2. The van der Waals surface area contributed by atoms with Gasteiger partial charge in [0, 0.05) is 13.1 Å². The molecule has 1 fully saturated rings. The maximum absolute atomic E-state index is 13.1. The van der Waals surface area contributed by atoms with E-state index in [1.807, 2.05) is 36.1 Å². The van der Waals surface area contributed by atoms with E-state index in [2.05, 4.69) is 0 Å². The second-order valence-electron chi connectivity index (χ2n) is 6.46. The van der Waals surface area contributed by atoms with Crippen molar-refractivity contribution in [3.63, 3.8) is 0 Å². The molecule has 1 saturated heterocycles. The van der Waals surface area contributed by atoms with Gasteiger partial charge in [-0.05, 0) is 24.6 Å². The zero-order valence-electron chi connectivity index (χ0n) is 14.6. The van der Waals surface area contributed by atoms with Gasteiger partial charge in [-0.1, -0.05) is 29.8 Å². The van der Waals surface area contributed by atoms with Crippen molar-refractivity contribution in [2.75, 3.05) is 26.3 Å². The third kappa shape index (κ3) is 2.93. The smallest absolute Gasteiger partial charge is 0.278 e. The summed E-state index contributed by atoms with van der Waals surface area (Å²) in [6, 6.07) is 11.2. The fraction of sp³-hybridized carbons (Fsp3) is 0.300. The molecule has 26 heavy (non-hydrogen) atoms. The van der Waals surface area contributed by atoms with E-state index in [-0.39, 0.29) is 18.4 Å². The first kappa shape index (κ1) is 16.6. The van der Waals surface area contributed by atoms with Crippen molar-refractivity contribution in [1.29, 1.82) is 0 Å². The number of ether oxygens (including phenoxy) is 1. The van der Waals surface area contributed by atoms with Crippen molar-refractivity contribution in [2.45, 2.75) is 13.5 Å². The van der Waals surface area contributed by atoms with Crippen molar-refractivity contribution in [3.05, 3.63) is 65.2 Å². The van der Waals surface area contributed by atoms with Crippen LogP contribution in [0, 0.1) is 6.92 Å². The Morgan fingerprint density at radius 3 is 2.38 bits per heavy atom. The van der Waals surface area contributed by atoms with Crippen molar-refractivity contribution in [2.24, 2.45) is 0 Å². The molecule has 1 aromatic heterocycles. The lowest BCUT2D eigenvalue weighted by atomic mass is 10.0. The van der Waals surface area contributed by atoms with Crippen LogP contribution in [0.5, 0.6) is 0 Å². The summed E-state index contributed by atoms with van der Waals surface area (Å²) in [6.07, 6.45) is 1.54. The molecule has 0 N–H and O–H groups in total. The number of furan rings is 1. The van der Waals surface area contributed by atoms with Gasteiger partial charge in [0.25, 0.3) is 11.8 Å². The SMILES string of the molecule is Cc1ccc(C2=C(N3CCOCC3)C(=O)N(Cc3ccco3)C2=O)cc1. The molecule has 0 bridgehead atoms. The van der Waals surface area contributed by atoms with Gasteiger partial charge in [0.2, 0.25) is 0 Å². The fourth-order valence-corrected chi connectivity index (χ4v) is 3.33. The normalized spacial score (nSPS) is 18.2. The number of carbonyl (C=O) groups is 2. The molecule has 0 saturated carbocycles. The Morgan fingerprint density at radius 1 is 1.00 bits per heavy atom. The van der Waals surface area contributed by atoms with Crippen LogP contribution in [-0.2, 0) is 20.9 Å². The van der Waals surface area contributed by atoms with Gasteiger partial charge in [-0.25, -0.2) is 0 Å². The number of hydrogen-bond donors (Lipinski definition) is 0. The van der Waals surface area contributed by atoms with E-state index in [4.69, 9.17) is 9.15 Å². The van der Waals surface area contributed by atoms with Crippen LogP contribution in [0.15, 0.2) is 52.8 Å². The zero-order valence-corrected chi connectivity index (χ0v) is 14.6. The summed E-state index contributed by atoms with van der Waals surface area (Å²) in [4.78, 5) is 29.5. The van der Waals surface area contributed by atoms with Crippen LogP contribution in [-0.4, -0.2) is 47.9 Å². The van der Waals surface area contributed by atoms with Gasteiger partial charge in [-0.3, -0.25) is 14.5 Å². The molecule has 2 amide bonds. The zero-order chi connectivity index (χ0) is 18.1. The molecule has 2 aliphatic rings. The first-order valence-electron chi connectivity index (χ1n) is 8.68. The first-order valence-corrected chi connectivity index (χ1v) is 8.68. The maximum atomic E-state index is 13.1.